The van der Waals surface area contributed by atoms with Crippen molar-refractivity contribution in [2.75, 3.05) is 6.61 Å². The van der Waals surface area contributed by atoms with Crippen LogP contribution in [0.25, 0.3) is 0 Å². The number of allylic oxidation sites excluding steroid dienone is 1. The molecule has 1 rings (SSSR count). The van der Waals surface area contributed by atoms with Crippen molar-refractivity contribution in [3.8, 4) is 11.8 Å². The Morgan fingerprint density at radius 2 is 1.56 bits per heavy atom. The molecule has 0 bridgehead atoms. The van der Waals surface area contributed by atoms with Gasteiger partial charge in [0, 0.05) is 6.42 Å². The number of benzene rings is 1. The van der Waals surface area contributed by atoms with Gasteiger partial charge in [-0.25, -0.2) is 4.79 Å². The average molecular weight is 376 g/mol. The second-order valence-electron chi connectivity index (χ2n) is 5.73. The van der Waals surface area contributed by atoms with Crippen LogP contribution in [0.15, 0.2) is 30.4 Å². The molecule has 1 aromatic rings. The highest BCUT2D eigenvalue weighted by molar-refractivity contribution is 6.07. The minimum absolute atomic E-state index is 0. The zero-order chi connectivity index (χ0) is 20.5. The lowest BCUT2D eigenvalue weighted by Crippen LogP contribution is -2.07. The largest absolute Gasteiger partial charge is 0.462 e. The van der Waals surface area contributed by atoms with Crippen LogP contribution >= 0.6 is 0 Å². The minimum Gasteiger partial charge on any atom is -0.462 e. The SMILES string of the molecule is C=C(C)C(=O)C#CCCCOC(=O)c1cc(C)cc(C)c1.CC.CCC.N. The highest BCUT2D eigenvalue weighted by atomic mass is 16.5. The van der Waals surface area contributed by atoms with E-state index in [9.17, 15) is 9.59 Å². The van der Waals surface area contributed by atoms with E-state index in [1.807, 2.05) is 33.8 Å². The summed E-state index contributed by atoms with van der Waals surface area (Å²) >= 11 is 0. The number of carbonyl (C=O) groups is 2. The summed E-state index contributed by atoms with van der Waals surface area (Å²) in [4.78, 5) is 23.0. The maximum Gasteiger partial charge on any atom is 0.338 e. The molecule has 0 aliphatic rings. The predicted molar refractivity (Wildman–Crippen MR) is 115 cm³/mol. The van der Waals surface area contributed by atoms with Crippen molar-refractivity contribution in [1.29, 1.82) is 0 Å². The van der Waals surface area contributed by atoms with E-state index in [0.717, 1.165) is 11.1 Å². The fourth-order valence-electron chi connectivity index (χ4n) is 1.75. The molecule has 0 amide bonds. The Labute approximate surface area is 166 Å². The van der Waals surface area contributed by atoms with Crippen LogP contribution in [-0.2, 0) is 9.53 Å². The van der Waals surface area contributed by atoms with Crippen LogP contribution in [-0.4, -0.2) is 18.4 Å². The average Bonchev–Trinajstić information content (AvgIpc) is 2.59. The Morgan fingerprint density at radius 3 is 2.00 bits per heavy atom. The first-order valence-electron chi connectivity index (χ1n) is 9.25. The molecule has 1 aromatic carbocycles. The van der Waals surface area contributed by atoms with E-state index >= 15 is 0 Å². The second-order valence-corrected chi connectivity index (χ2v) is 5.73. The first kappa shape index (κ1) is 29.4. The number of rotatable bonds is 5. The van der Waals surface area contributed by atoms with E-state index in [2.05, 4.69) is 32.3 Å². The highest BCUT2D eigenvalue weighted by Crippen LogP contribution is 2.10. The van der Waals surface area contributed by atoms with Crippen molar-refractivity contribution in [2.24, 2.45) is 0 Å². The van der Waals surface area contributed by atoms with Gasteiger partial charge in [0.2, 0.25) is 5.78 Å². The monoisotopic (exact) mass is 375 g/mol. The van der Waals surface area contributed by atoms with E-state index in [1.165, 1.54) is 6.42 Å². The number of unbranched alkanes of at least 4 members (excludes halogenated alkanes) is 1. The molecule has 0 atom stereocenters. The maximum absolute atomic E-state index is 11.9. The topological polar surface area (TPSA) is 78.4 Å². The van der Waals surface area contributed by atoms with E-state index in [0.29, 0.717) is 30.6 Å². The van der Waals surface area contributed by atoms with Gasteiger partial charge in [-0.2, -0.15) is 0 Å². The standard InChI is InChI=1S/C18H20O3.C3H8.C2H6.H3N/c1-13(2)17(19)8-6-5-7-9-21-18(20)16-11-14(3)10-15(4)12-16;1-3-2;1-2;/h10-12H,1,5,7,9H2,2-4H3;3H2,1-2H3;1-2H3;1H3. The van der Waals surface area contributed by atoms with Crippen LogP contribution in [0.1, 0.15) is 75.4 Å². The quantitative estimate of drug-likeness (QED) is 0.225. The van der Waals surface area contributed by atoms with Crippen LogP contribution in [0.3, 0.4) is 0 Å². The van der Waals surface area contributed by atoms with Gasteiger partial charge in [-0.15, -0.1) is 0 Å². The van der Waals surface area contributed by atoms with E-state index < -0.39 is 0 Å². The summed E-state index contributed by atoms with van der Waals surface area (Å²) in [5.74, 6) is 4.66. The summed E-state index contributed by atoms with van der Waals surface area (Å²) in [6, 6.07) is 5.62. The van der Waals surface area contributed by atoms with Crippen molar-refractivity contribution in [3.05, 3.63) is 47.0 Å². The van der Waals surface area contributed by atoms with Gasteiger partial charge < -0.3 is 10.9 Å². The minimum atomic E-state index is -0.326. The summed E-state index contributed by atoms with van der Waals surface area (Å²) in [7, 11) is 0. The number of esters is 1. The zero-order valence-corrected chi connectivity index (χ0v) is 18.2. The third-order valence-corrected chi connectivity index (χ3v) is 2.73. The first-order valence-corrected chi connectivity index (χ1v) is 9.25. The van der Waals surface area contributed by atoms with Crippen LogP contribution in [0.2, 0.25) is 0 Å². The summed E-state index contributed by atoms with van der Waals surface area (Å²) in [5, 5.41) is 0. The van der Waals surface area contributed by atoms with Crippen LogP contribution in [0, 0.1) is 25.7 Å². The molecule has 0 saturated heterocycles. The molecule has 0 heterocycles. The molecule has 3 N–H and O–H groups in total. The van der Waals surface area contributed by atoms with Gasteiger partial charge in [-0.3, -0.25) is 4.79 Å². The molecule has 0 fully saturated rings. The summed E-state index contributed by atoms with van der Waals surface area (Å²) in [6.45, 7) is 17.6. The van der Waals surface area contributed by atoms with Gasteiger partial charge in [0.1, 0.15) is 0 Å². The molecule has 4 heteroatoms. The van der Waals surface area contributed by atoms with E-state index in [1.54, 1.807) is 19.1 Å². The summed E-state index contributed by atoms with van der Waals surface area (Å²) in [5.41, 5.74) is 3.07. The molecule has 0 aliphatic heterocycles. The lowest BCUT2D eigenvalue weighted by atomic mass is 10.1. The number of aryl methyl sites for hydroxylation is 2. The third-order valence-electron chi connectivity index (χ3n) is 2.73. The fraction of sp³-hybridized carbons (Fsp3) is 0.478. The van der Waals surface area contributed by atoms with Gasteiger partial charge in [0.05, 0.1) is 12.2 Å². The van der Waals surface area contributed by atoms with Gasteiger partial charge in [-0.05, 0) is 50.8 Å². The number of hydrogen-bond acceptors (Lipinski definition) is 4. The number of hydrogen-bond donors (Lipinski definition) is 1. The molecule has 4 nitrogen and oxygen atoms in total. The van der Waals surface area contributed by atoms with Crippen LogP contribution in [0.4, 0.5) is 0 Å². The van der Waals surface area contributed by atoms with Crippen molar-refractivity contribution in [3.63, 3.8) is 0 Å². The number of ether oxygens (including phenoxy) is 1. The number of Topliss-reactive ketones (excluding diaryl/α,β-unsaturated/α-hetero) is 1. The van der Waals surface area contributed by atoms with Gasteiger partial charge in [-0.1, -0.05) is 63.8 Å². The molecule has 0 radical (unpaired) electrons. The smallest absolute Gasteiger partial charge is 0.338 e. The molecule has 0 aromatic heterocycles. The Balaban J connectivity index is -0.000000870. The van der Waals surface area contributed by atoms with Crippen LogP contribution < -0.4 is 6.15 Å². The van der Waals surface area contributed by atoms with E-state index in [4.69, 9.17) is 4.74 Å². The lowest BCUT2D eigenvalue weighted by Gasteiger charge is -2.05. The predicted octanol–water partition coefficient (Wildman–Crippen LogP) is 5.99. The normalized spacial score (nSPS) is 8.26. The molecule has 0 saturated carbocycles. The molecule has 27 heavy (non-hydrogen) atoms. The second kappa shape index (κ2) is 18.4. The van der Waals surface area contributed by atoms with E-state index in [-0.39, 0.29) is 17.9 Å². The zero-order valence-electron chi connectivity index (χ0n) is 18.2. The Morgan fingerprint density at radius 1 is 1.07 bits per heavy atom. The first-order chi connectivity index (χ1) is 12.3. The van der Waals surface area contributed by atoms with Crippen molar-refractivity contribution in [2.45, 2.75) is 67.7 Å². The third kappa shape index (κ3) is 15.6. The van der Waals surface area contributed by atoms with Gasteiger partial charge >= 0.3 is 5.97 Å². The Bertz CT molecular complexity index is 617. The van der Waals surface area contributed by atoms with Gasteiger partial charge in [0.25, 0.3) is 0 Å². The molecule has 152 valence electrons. The fourth-order valence-corrected chi connectivity index (χ4v) is 1.75. The molecule has 0 spiro atoms. The lowest BCUT2D eigenvalue weighted by molar-refractivity contribution is -0.110. The summed E-state index contributed by atoms with van der Waals surface area (Å²) < 4.78 is 5.18. The molecule has 0 aliphatic carbocycles. The molecular weight excluding hydrogens is 338 g/mol. The molecular formula is C23H37NO3. The Hall–Kier alpha value is -2.38. The highest BCUT2D eigenvalue weighted by Gasteiger charge is 2.07. The van der Waals surface area contributed by atoms with Gasteiger partial charge in [0.15, 0.2) is 0 Å². The number of carbonyl (C=O) groups excluding carboxylic acids is 2. The van der Waals surface area contributed by atoms with Crippen molar-refractivity contribution >= 4 is 11.8 Å². The Kier molecular flexibility index (Phi) is 20.0. The van der Waals surface area contributed by atoms with Crippen molar-refractivity contribution < 1.29 is 14.3 Å². The van der Waals surface area contributed by atoms with Crippen LogP contribution in [0.5, 0.6) is 0 Å². The maximum atomic E-state index is 11.9. The molecule has 0 unspecified atom stereocenters. The summed E-state index contributed by atoms with van der Waals surface area (Å²) in [6.07, 6.45) is 2.37. The number of ketones is 1. The van der Waals surface area contributed by atoms with Crippen molar-refractivity contribution in [1.82, 2.24) is 6.15 Å².